The van der Waals surface area contributed by atoms with E-state index in [0.717, 1.165) is 33.2 Å². The molecule has 102 valence electrons. The molecule has 4 rings (SSSR count). The number of hydrogen-bond donors (Lipinski definition) is 3. The molecule has 3 N–H and O–H groups in total. The Hall–Kier alpha value is -3.08. The van der Waals surface area contributed by atoms with Gasteiger partial charge in [0.2, 0.25) is 0 Å². The number of benzene rings is 1. The maximum Gasteiger partial charge on any atom is 0.335 e. The van der Waals surface area contributed by atoms with Gasteiger partial charge < -0.3 is 15.1 Å². The number of carboxylic acid groups (broad SMARTS) is 1. The summed E-state index contributed by atoms with van der Waals surface area (Å²) in [5.74, 6) is -0.928. The van der Waals surface area contributed by atoms with Crippen molar-refractivity contribution in [3.63, 3.8) is 0 Å². The summed E-state index contributed by atoms with van der Waals surface area (Å²) in [6.45, 7) is 0. The monoisotopic (exact) mass is 277 g/mol. The van der Waals surface area contributed by atoms with Gasteiger partial charge in [0.05, 0.1) is 5.56 Å². The van der Waals surface area contributed by atoms with Gasteiger partial charge in [-0.3, -0.25) is 0 Å². The van der Waals surface area contributed by atoms with E-state index in [1.165, 1.54) is 0 Å². The zero-order valence-electron chi connectivity index (χ0n) is 10.9. The summed E-state index contributed by atoms with van der Waals surface area (Å²) < 4.78 is 0. The van der Waals surface area contributed by atoms with Crippen molar-refractivity contribution in [2.45, 2.75) is 0 Å². The number of nitrogens with zero attached hydrogens (tertiary/aromatic N) is 1. The predicted octanol–water partition coefficient (Wildman–Crippen LogP) is 3.41. The minimum absolute atomic E-state index is 0.276. The molecule has 0 aliphatic heterocycles. The lowest BCUT2D eigenvalue weighted by Gasteiger charge is -1.98. The lowest BCUT2D eigenvalue weighted by molar-refractivity contribution is 0.0697. The second-order valence-electron chi connectivity index (χ2n) is 4.89. The Bertz CT molecular complexity index is 948. The van der Waals surface area contributed by atoms with Gasteiger partial charge in [0.25, 0.3) is 0 Å². The van der Waals surface area contributed by atoms with Crippen LogP contribution in [0.2, 0.25) is 0 Å². The first kappa shape index (κ1) is 11.7. The van der Waals surface area contributed by atoms with Gasteiger partial charge in [0.1, 0.15) is 5.65 Å². The zero-order valence-corrected chi connectivity index (χ0v) is 10.9. The highest BCUT2D eigenvalue weighted by Gasteiger charge is 2.11. The Kier molecular flexibility index (Phi) is 2.35. The fourth-order valence-electron chi connectivity index (χ4n) is 2.58. The maximum absolute atomic E-state index is 11.1. The summed E-state index contributed by atoms with van der Waals surface area (Å²) in [5.41, 5.74) is 3.85. The van der Waals surface area contributed by atoms with E-state index < -0.39 is 5.97 Å². The number of rotatable bonds is 2. The first-order valence-electron chi connectivity index (χ1n) is 6.51. The number of carboxylic acids is 1. The normalized spacial score (nSPS) is 11.2. The standard InChI is InChI=1S/C16H11N3O2/c20-16(21)10-3-4-13-11(6-10)12(8-18-13)14-7-9-2-1-5-17-15(9)19-14/h1-8,18H,(H,17,19)(H,20,21). The predicted molar refractivity (Wildman–Crippen MR) is 80.3 cm³/mol. The molecule has 3 aromatic heterocycles. The van der Waals surface area contributed by atoms with Crippen molar-refractivity contribution in [1.82, 2.24) is 15.0 Å². The summed E-state index contributed by atoms with van der Waals surface area (Å²) in [6.07, 6.45) is 3.61. The fourth-order valence-corrected chi connectivity index (χ4v) is 2.58. The molecule has 0 atom stereocenters. The minimum atomic E-state index is -0.928. The Morgan fingerprint density at radius 1 is 1.19 bits per heavy atom. The van der Waals surface area contributed by atoms with E-state index in [-0.39, 0.29) is 5.56 Å². The lowest BCUT2D eigenvalue weighted by atomic mass is 10.1. The molecule has 0 aliphatic carbocycles. The summed E-state index contributed by atoms with van der Waals surface area (Å²) >= 11 is 0. The molecule has 0 aliphatic rings. The van der Waals surface area contributed by atoms with Crippen LogP contribution in [-0.4, -0.2) is 26.0 Å². The van der Waals surface area contributed by atoms with Crippen molar-refractivity contribution >= 4 is 27.9 Å². The van der Waals surface area contributed by atoms with Crippen LogP contribution in [0, 0.1) is 0 Å². The SMILES string of the molecule is O=C(O)c1ccc2[nH]cc(-c3cc4cccnc4[nH]3)c2c1. The topological polar surface area (TPSA) is 81.8 Å². The number of hydrogen-bond acceptors (Lipinski definition) is 2. The van der Waals surface area contributed by atoms with E-state index in [1.807, 2.05) is 24.4 Å². The average molecular weight is 277 g/mol. The molecular formula is C16H11N3O2. The lowest BCUT2D eigenvalue weighted by Crippen LogP contribution is -1.94. The molecule has 0 amide bonds. The Balaban J connectivity index is 1.96. The summed E-state index contributed by atoms with van der Waals surface area (Å²) in [4.78, 5) is 21.8. The van der Waals surface area contributed by atoms with E-state index in [9.17, 15) is 4.79 Å². The number of nitrogens with one attached hydrogen (secondary N) is 2. The molecule has 0 fully saturated rings. The number of pyridine rings is 1. The van der Waals surface area contributed by atoms with Crippen LogP contribution in [0.3, 0.4) is 0 Å². The second kappa shape index (κ2) is 4.21. The van der Waals surface area contributed by atoms with Gasteiger partial charge >= 0.3 is 5.97 Å². The summed E-state index contributed by atoms with van der Waals surface area (Å²) in [6, 6.07) is 10.9. The highest BCUT2D eigenvalue weighted by atomic mass is 16.4. The minimum Gasteiger partial charge on any atom is -0.478 e. The van der Waals surface area contributed by atoms with Crippen LogP contribution in [0.4, 0.5) is 0 Å². The van der Waals surface area contributed by atoms with E-state index in [2.05, 4.69) is 15.0 Å². The third-order valence-electron chi connectivity index (χ3n) is 3.61. The molecule has 5 nitrogen and oxygen atoms in total. The number of carbonyl (C=O) groups is 1. The molecule has 21 heavy (non-hydrogen) atoms. The zero-order chi connectivity index (χ0) is 14.4. The average Bonchev–Trinajstić information content (AvgIpc) is 3.09. The van der Waals surface area contributed by atoms with Crippen LogP contribution in [0.15, 0.2) is 48.8 Å². The van der Waals surface area contributed by atoms with Crippen LogP contribution < -0.4 is 0 Å². The van der Waals surface area contributed by atoms with E-state index in [0.29, 0.717) is 0 Å². The Labute approximate surface area is 119 Å². The highest BCUT2D eigenvalue weighted by Crippen LogP contribution is 2.30. The van der Waals surface area contributed by atoms with Crippen molar-refractivity contribution in [3.05, 3.63) is 54.4 Å². The summed E-state index contributed by atoms with van der Waals surface area (Å²) in [5, 5.41) is 11.0. The molecule has 0 unspecified atom stereocenters. The highest BCUT2D eigenvalue weighted by molar-refractivity contribution is 6.01. The Morgan fingerprint density at radius 3 is 2.90 bits per heavy atom. The van der Waals surface area contributed by atoms with Gasteiger partial charge in [0.15, 0.2) is 0 Å². The summed E-state index contributed by atoms with van der Waals surface area (Å²) in [7, 11) is 0. The van der Waals surface area contributed by atoms with E-state index >= 15 is 0 Å². The van der Waals surface area contributed by atoms with Crippen molar-refractivity contribution in [2.24, 2.45) is 0 Å². The quantitative estimate of drug-likeness (QED) is 0.525. The third kappa shape index (κ3) is 1.79. The maximum atomic E-state index is 11.1. The molecule has 4 aromatic rings. The largest absolute Gasteiger partial charge is 0.478 e. The van der Waals surface area contributed by atoms with Crippen LogP contribution >= 0.6 is 0 Å². The van der Waals surface area contributed by atoms with Crippen molar-refractivity contribution < 1.29 is 9.90 Å². The van der Waals surface area contributed by atoms with Gasteiger partial charge in [-0.05, 0) is 36.4 Å². The molecule has 3 heterocycles. The van der Waals surface area contributed by atoms with Gasteiger partial charge in [-0.2, -0.15) is 0 Å². The number of H-pyrrole nitrogens is 2. The van der Waals surface area contributed by atoms with E-state index in [4.69, 9.17) is 5.11 Å². The molecule has 0 saturated heterocycles. The number of fused-ring (bicyclic) bond motifs is 2. The van der Waals surface area contributed by atoms with E-state index in [1.54, 1.807) is 24.4 Å². The molecular weight excluding hydrogens is 266 g/mol. The number of aromatic nitrogens is 3. The molecule has 0 radical (unpaired) electrons. The first-order chi connectivity index (χ1) is 10.2. The smallest absolute Gasteiger partial charge is 0.335 e. The molecule has 0 bridgehead atoms. The molecule has 1 aromatic carbocycles. The van der Waals surface area contributed by atoms with Crippen LogP contribution in [0.1, 0.15) is 10.4 Å². The first-order valence-corrected chi connectivity index (χ1v) is 6.51. The molecule has 5 heteroatoms. The van der Waals surface area contributed by atoms with Gasteiger partial charge in [-0.25, -0.2) is 9.78 Å². The number of aromatic carboxylic acids is 1. The van der Waals surface area contributed by atoms with Crippen LogP contribution in [-0.2, 0) is 0 Å². The van der Waals surface area contributed by atoms with Crippen LogP contribution in [0.25, 0.3) is 33.2 Å². The van der Waals surface area contributed by atoms with Crippen molar-refractivity contribution in [3.8, 4) is 11.3 Å². The third-order valence-corrected chi connectivity index (χ3v) is 3.61. The van der Waals surface area contributed by atoms with Gasteiger partial charge in [-0.15, -0.1) is 0 Å². The van der Waals surface area contributed by atoms with Crippen molar-refractivity contribution in [1.29, 1.82) is 0 Å². The fraction of sp³-hybridized carbons (Fsp3) is 0. The van der Waals surface area contributed by atoms with Crippen molar-refractivity contribution in [2.75, 3.05) is 0 Å². The van der Waals surface area contributed by atoms with Gasteiger partial charge in [0, 0.05) is 39.9 Å². The van der Waals surface area contributed by atoms with Gasteiger partial charge in [-0.1, -0.05) is 0 Å². The molecule has 0 saturated carbocycles. The Morgan fingerprint density at radius 2 is 2.10 bits per heavy atom. The van der Waals surface area contributed by atoms with Crippen LogP contribution in [0.5, 0.6) is 0 Å². The second-order valence-corrected chi connectivity index (χ2v) is 4.89. The number of aromatic amines is 2. The molecule has 0 spiro atoms.